The lowest BCUT2D eigenvalue weighted by molar-refractivity contribution is -0.119. The van der Waals surface area contributed by atoms with Gasteiger partial charge in [0, 0.05) is 23.6 Å². The van der Waals surface area contributed by atoms with Crippen LogP contribution in [0.4, 0.5) is 5.00 Å². The number of carbonyl (C=O) groups excluding carboxylic acids is 2. The molecule has 0 aliphatic rings. The van der Waals surface area contributed by atoms with E-state index < -0.39 is 5.97 Å². The highest BCUT2D eigenvalue weighted by Crippen LogP contribution is 2.40. The van der Waals surface area contributed by atoms with Crippen LogP contribution in [0, 0.1) is 6.92 Å². The van der Waals surface area contributed by atoms with Crippen LogP contribution in [-0.2, 0) is 14.3 Å². The van der Waals surface area contributed by atoms with E-state index in [4.69, 9.17) is 14.2 Å². The first-order chi connectivity index (χ1) is 12.0. The smallest absolute Gasteiger partial charge is 0.341 e. The van der Waals surface area contributed by atoms with Crippen molar-refractivity contribution in [3.05, 3.63) is 34.7 Å². The van der Waals surface area contributed by atoms with Gasteiger partial charge < -0.3 is 19.5 Å². The van der Waals surface area contributed by atoms with Gasteiger partial charge in [0.15, 0.2) is 0 Å². The fourth-order valence-corrected chi connectivity index (χ4v) is 3.34. The number of hydrogen-bond donors (Lipinski definition) is 1. The molecule has 2 rings (SSSR count). The Morgan fingerprint density at radius 3 is 2.60 bits per heavy atom. The molecule has 1 heterocycles. The lowest BCUT2D eigenvalue weighted by atomic mass is 10.0. The third-order valence-corrected chi connectivity index (χ3v) is 4.34. The molecule has 0 saturated heterocycles. The summed E-state index contributed by atoms with van der Waals surface area (Å²) >= 11 is 1.26. The maximum absolute atomic E-state index is 12.5. The summed E-state index contributed by atoms with van der Waals surface area (Å²) in [4.78, 5) is 24.4. The molecule has 1 amide bonds. The molecule has 0 unspecified atom stereocenters. The normalized spacial score (nSPS) is 10.4. The Morgan fingerprint density at radius 1 is 1.20 bits per heavy atom. The summed E-state index contributed by atoms with van der Waals surface area (Å²) in [6, 6.07) is 5.71. The number of hydrogen-bond acceptors (Lipinski definition) is 6. The van der Waals surface area contributed by atoms with Gasteiger partial charge in [0.2, 0.25) is 0 Å². The highest BCUT2D eigenvalue weighted by atomic mass is 32.1. The number of ether oxygens (including phenoxy) is 3. The van der Waals surface area contributed by atoms with Crippen LogP contribution in [0.15, 0.2) is 23.6 Å². The molecule has 0 spiro atoms. The highest BCUT2D eigenvalue weighted by Gasteiger charge is 2.24. The van der Waals surface area contributed by atoms with Crippen molar-refractivity contribution < 1.29 is 23.8 Å². The minimum Gasteiger partial charge on any atom is -0.496 e. The van der Waals surface area contributed by atoms with Gasteiger partial charge in [0.05, 0.1) is 13.7 Å². The van der Waals surface area contributed by atoms with Crippen LogP contribution < -0.4 is 10.1 Å². The molecule has 0 fully saturated rings. The number of thiophene rings is 1. The molecule has 1 aromatic carbocycles. The number of amides is 1. The summed E-state index contributed by atoms with van der Waals surface area (Å²) in [5, 5.41) is 4.95. The van der Waals surface area contributed by atoms with E-state index in [1.54, 1.807) is 14.0 Å². The lowest BCUT2D eigenvalue weighted by Crippen LogP contribution is -2.18. The molecule has 2 aromatic rings. The standard InChI is InChI=1S/C18H21NO5S/c1-5-24-18(21)16-13(10-25-17(16)19-15(20)9-22-3)12-8-11(2)6-7-14(12)23-4/h6-8,10H,5,9H2,1-4H3,(H,19,20). The number of benzene rings is 1. The molecule has 6 nitrogen and oxygen atoms in total. The first-order valence-electron chi connectivity index (χ1n) is 7.74. The van der Waals surface area contributed by atoms with E-state index in [0.717, 1.165) is 11.1 Å². The van der Waals surface area contributed by atoms with E-state index in [2.05, 4.69) is 5.32 Å². The summed E-state index contributed by atoms with van der Waals surface area (Å²) in [7, 11) is 3.01. The number of aryl methyl sites for hydroxylation is 1. The van der Waals surface area contributed by atoms with E-state index in [9.17, 15) is 9.59 Å². The summed E-state index contributed by atoms with van der Waals surface area (Å²) in [5.41, 5.74) is 2.78. The average molecular weight is 363 g/mol. The second kappa shape index (κ2) is 8.64. The van der Waals surface area contributed by atoms with Gasteiger partial charge >= 0.3 is 5.97 Å². The second-order valence-electron chi connectivity index (χ2n) is 5.26. The van der Waals surface area contributed by atoms with E-state index in [1.165, 1.54) is 18.4 Å². The second-order valence-corrected chi connectivity index (χ2v) is 6.14. The fourth-order valence-electron chi connectivity index (χ4n) is 2.38. The van der Waals surface area contributed by atoms with Crippen LogP contribution >= 0.6 is 11.3 Å². The predicted molar refractivity (Wildman–Crippen MR) is 97.5 cm³/mol. The number of methoxy groups -OCH3 is 2. The third kappa shape index (κ3) is 4.37. The molecule has 0 saturated carbocycles. The van der Waals surface area contributed by atoms with Gasteiger partial charge in [-0.1, -0.05) is 11.6 Å². The Labute approximate surface area is 150 Å². The Bertz CT molecular complexity index is 769. The topological polar surface area (TPSA) is 73.9 Å². The van der Waals surface area contributed by atoms with Crippen molar-refractivity contribution in [1.82, 2.24) is 0 Å². The SMILES string of the molecule is CCOC(=O)c1c(-c2cc(C)ccc2OC)csc1NC(=O)COC. The maximum atomic E-state index is 12.5. The van der Waals surface area contributed by atoms with Crippen molar-refractivity contribution in [3.63, 3.8) is 0 Å². The zero-order chi connectivity index (χ0) is 18.4. The highest BCUT2D eigenvalue weighted by molar-refractivity contribution is 7.15. The number of anilines is 1. The van der Waals surface area contributed by atoms with E-state index >= 15 is 0 Å². The summed E-state index contributed by atoms with van der Waals surface area (Å²) < 4.78 is 15.4. The van der Waals surface area contributed by atoms with Crippen LogP contribution in [0.25, 0.3) is 11.1 Å². The molecule has 0 aliphatic carbocycles. The van der Waals surface area contributed by atoms with Gasteiger partial charge in [0.1, 0.15) is 22.9 Å². The van der Waals surface area contributed by atoms with Crippen LogP contribution in [0.2, 0.25) is 0 Å². The quantitative estimate of drug-likeness (QED) is 0.762. The van der Waals surface area contributed by atoms with Crippen LogP contribution in [0.1, 0.15) is 22.8 Å². The Morgan fingerprint density at radius 2 is 1.96 bits per heavy atom. The largest absolute Gasteiger partial charge is 0.496 e. The molecule has 134 valence electrons. The maximum Gasteiger partial charge on any atom is 0.341 e. The minimum atomic E-state index is -0.491. The summed E-state index contributed by atoms with van der Waals surface area (Å²) in [6.07, 6.45) is 0. The van der Waals surface area contributed by atoms with Crippen molar-refractivity contribution in [3.8, 4) is 16.9 Å². The van der Waals surface area contributed by atoms with Gasteiger partial charge in [-0.15, -0.1) is 11.3 Å². The fraction of sp³-hybridized carbons (Fsp3) is 0.333. The Kier molecular flexibility index (Phi) is 6.55. The van der Waals surface area contributed by atoms with E-state index in [1.807, 2.05) is 30.5 Å². The van der Waals surface area contributed by atoms with Crippen molar-refractivity contribution >= 4 is 28.2 Å². The van der Waals surface area contributed by atoms with E-state index in [-0.39, 0.29) is 19.1 Å². The molecule has 25 heavy (non-hydrogen) atoms. The van der Waals surface area contributed by atoms with Crippen LogP contribution in [-0.4, -0.2) is 39.3 Å². The zero-order valence-corrected chi connectivity index (χ0v) is 15.5. The van der Waals surface area contributed by atoms with Gasteiger partial charge in [-0.25, -0.2) is 4.79 Å². The van der Waals surface area contributed by atoms with Crippen LogP contribution in [0.3, 0.4) is 0 Å². The van der Waals surface area contributed by atoms with Crippen LogP contribution in [0.5, 0.6) is 5.75 Å². The number of nitrogens with one attached hydrogen (secondary N) is 1. The molecule has 0 bridgehead atoms. The Hall–Kier alpha value is -2.38. The molecule has 1 aromatic heterocycles. The Balaban J connectivity index is 2.55. The first-order valence-corrected chi connectivity index (χ1v) is 8.62. The van der Waals surface area contributed by atoms with Crippen molar-refractivity contribution in [1.29, 1.82) is 0 Å². The molecule has 1 N–H and O–H groups in total. The van der Waals surface area contributed by atoms with Gasteiger partial charge in [-0.3, -0.25) is 4.79 Å². The number of carbonyl (C=O) groups is 2. The predicted octanol–water partition coefficient (Wildman–Crippen LogP) is 3.49. The average Bonchev–Trinajstić information content (AvgIpc) is 2.98. The third-order valence-electron chi connectivity index (χ3n) is 3.44. The number of rotatable bonds is 7. The monoisotopic (exact) mass is 363 g/mol. The van der Waals surface area contributed by atoms with E-state index in [0.29, 0.717) is 21.9 Å². The molecular weight excluding hydrogens is 342 g/mol. The molecule has 7 heteroatoms. The van der Waals surface area contributed by atoms with Crippen molar-refractivity contribution in [2.75, 3.05) is 32.8 Å². The lowest BCUT2D eigenvalue weighted by Gasteiger charge is -2.12. The minimum absolute atomic E-state index is 0.0940. The number of esters is 1. The van der Waals surface area contributed by atoms with Gasteiger partial charge in [-0.2, -0.15) is 0 Å². The molecular formula is C18H21NO5S. The molecule has 0 radical (unpaired) electrons. The zero-order valence-electron chi connectivity index (χ0n) is 14.7. The van der Waals surface area contributed by atoms with Gasteiger partial charge in [-0.05, 0) is 26.0 Å². The summed E-state index contributed by atoms with van der Waals surface area (Å²) in [6.45, 7) is 3.84. The summed E-state index contributed by atoms with van der Waals surface area (Å²) in [5.74, 6) is -0.184. The van der Waals surface area contributed by atoms with Crippen molar-refractivity contribution in [2.24, 2.45) is 0 Å². The van der Waals surface area contributed by atoms with Gasteiger partial charge in [0.25, 0.3) is 5.91 Å². The molecule has 0 aliphatic heterocycles. The first kappa shape index (κ1) is 19.0. The molecule has 0 atom stereocenters. The van der Waals surface area contributed by atoms with Crippen molar-refractivity contribution in [2.45, 2.75) is 13.8 Å².